The highest BCUT2D eigenvalue weighted by Gasteiger charge is 2.06. The van der Waals surface area contributed by atoms with Gasteiger partial charge in [-0.1, -0.05) is 18.2 Å². The number of aromatic nitrogens is 2. The fourth-order valence-electron chi connectivity index (χ4n) is 1.83. The molecule has 3 nitrogen and oxygen atoms in total. The van der Waals surface area contributed by atoms with Gasteiger partial charge in [-0.25, -0.2) is 0 Å². The number of benzene rings is 1. The molecule has 3 heteroatoms. The second kappa shape index (κ2) is 4.49. The lowest BCUT2D eigenvalue weighted by Gasteiger charge is -2.01. The number of aryl methyl sites for hydroxylation is 2. The van der Waals surface area contributed by atoms with Gasteiger partial charge in [-0.3, -0.25) is 4.68 Å². The molecule has 2 rings (SSSR count). The summed E-state index contributed by atoms with van der Waals surface area (Å²) in [6.45, 7) is 5.61. The van der Waals surface area contributed by atoms with Crippen LogP contribution in [-0.2, 0) is 13.1 Å². The van der Waals surface area contributed by atoms with Crippen molar-refractivity contribution >= 4 is 0 Å². The maximum atomic E-state index is 5.65. The third kappa shape index (κ3) is 1.99. The molecular formula is C13H17N3. The lowest BCUT2D eigenvalue weighted by Crippen LogP contribution is -1.95. The third-order valence-electron chi connectivity index (χ3n) is 2.74. The first-order valence-corrected chi connectivity index (χ1v) is 5.58. The lowest BCUT2D eigenvalue weighted by molar-refractivity contribution is 0.653. The predicted molar refractivity (Wildman–Crippen MR) is 66.0 cm³/mol. The van der Waals surface area contributed by atoms with Crippen molar-refractivity contribution in [1.29, 1.82) is 0 Å². The van der Waals surface area contributed by atoms with E-state index in [4.69, 9.17) is 5.73 Å². The van der Waals surface area contributed by atoms with Gasteiger partial charge in [0.05, 0.1) is 5.69 Å². The zero-order valence-corrected chi connectivity index (χ0v) is 9.77. The number of nitrogens with zero attached hydrogens (tertiary/aromatic N) is 2. The minimum absolute atomic E-state index is 0.578. The maximum Gasteiger partial charge on any atom is 0.0672 e. The Balaban J connectivity index is 2.45. The van der Waals surface area contributed by atoms with Gasteiger partial charge in [0, 0.05) is 24.8 Å². The molecule has 1 aromatic heterocycles. The summed E-state index contributed by atoms with van der Waals surface area (Å²) in [5.74, 6) is 0. The van der Waals surface area contributed by atoms with Crippen LogP contribution in [0.2, 0.25) is 0 Å². The highest BCUT2D eigenvalue weighted by molar-refractivity contribution is 5.65. The van der Waals surface area contributed by atoms with Gasteiger partial charge in [0.25, 0.3) is 0 Å². The molecule has 84 valence electrons. The zero-order chi connectivity index (χ0) is 11.5. The van der Waals surface area contributed by atoms with Crippen LogP contribution in [0.4, 0.5) is 0 Å². The molecule has 0 saturated carbocycles. The Labute approximate surface area is 95.9 Å². The van der Waals surface area contributed by atoms with Crippen LogP contribution in [0, 0.1) is 6.92 Å². The van der Waals surface area contributed by atoms with Crippen LogP contribution in [0.3, 0.4) is 0 Å². The standard InChI is InChI=1S/C13H17N3/c1-3-16-9-13(10(2)15-16)12-6-4-5-11(7-12)8-14/h4-7,9H,3,8,14H2,1-2H3. The molecule has 16 heavy (non-hydrogen) atoms. The van der Waals surface area contributed by atoms with Crippen molar-refractivity contribution < 1.29 is 0 Å². The highest BCUT2D eigenvalue weighted by atomic mass is 15.3. The van der Waals surface area contributed by atoms with Gasteiger partial charge in [-0.05, 0) is 31.0 Å². The van der Waals surface area contributed by atoms with E-state index in [2.05, 4.69) is 30.4 Å². The minimum Gasteiger partial charge on any atom is -0.326 e. The first kappa shape index (κ1) is 10.9. The van der Waals surface area contributed by atoms with Gasteiger partial charge < -0.3 is 5.73 Å². The molecule has 0 radical (unpaired) electrons. The Bertz CT molecular complexity index is 486. The van der Waals surface area contributed by atoms with Crippen molar-refractivity contribution in [2.75, 3.05) is 0 Å². The Hall–Kier alpha value is -1.61. The average Bonchev–Trinajstić information content (AvgIpc) is 2.71. The molecule has 0 spiro atoms. The van der Waals surface area contributed by atoms with E-state index in [0.29, 0.717) is 6.54 Å². The largest absolute Gasteiger partial charge is 0.326 e. The summed E-state index contributed by atoms with van der Waals surface area (Å²) in [7, 11) is 0. The molecule has 0 unspecified atom stereocenters. The molecular weight excluding hydrogens is 198 g/mol. The van der Waals surface area contributed by atoms with E-state index in [-0.39, 0.29) is 0 Å². The number of rotatable bonds is 3. The van der Waals surface area contributed by atoms with Crippen LogP contribution in [0.15, 0.2) is 30.5 Å². The second-order valence-electron chi connectivity index (χ2n) is 3.89. The maximum absolute atomic E-state index is 5.65. The molecule has 2 N–H and O–H groups in total. The summed E-state index contributed by atoms with van der Waals surface area (Å²) in [5.41, 5.74) is 10.3. The van der Waals surface area contributed by atoms with E-state index in [9.17, 15) is 0 Å². The van der Waals surface area contributed by atoms with Crippen LogP contribution in [0.5, 0.6) is 0 Å². The van der Waals surface area contributed by atoms with E-state index < -0.39 is 0 Å². The van der Waals surface area contributed by atoms with Crippen LogP contribution >= 0.6 is 0 Å². The summed E-state index contributed by atoms with van der Waals surface area (Å²) in [6.07, 6.45) is 2.09. The summed E-state index contributed by atoms with van der Waals surface area (Å²) in [4.78, 5) is 0. The number of hydrogen-bond acceptors (Lipinski definition) is 2. The Kier molecular flexibility index (Phi) is 3.06. The van der Waals surface area contributed by atoms with E-state index in [1.807, 2.05) is 23.7 Å². The fourth-order valence-corrected chi connectivity index (χ4v) is 1.83. The fraction of sp³-hybridized carbons (Fsp3) is 0.308. The molecule has 0 aliphatic carbocycles. The van der Waals surface area contributed by atoms with Gasteiger partial charge in [-0.15, -0.1) is 0 Å². The highest BCUT2D eigenvalue weighted by Crippen LogP contribution is 2.23. The summed E-state index contributed by atoms with van der Waals surface area (Å²) in [6, 6.07) is 8.32. The van der Waals surface area contributed by atoms with Crippen molar-refractivity contribution in [1.82, 2.24) is 9.78 Å². The molecule has 0 aliphatic heterocycles. The van der Waals surface area contributed by atoms with E-state index in [0.717, 1.165) is 17.8 Å². The number of hydrogen-bond donors (Lipinski definition) is 1. The molecule has 0 amide bonds. The van der Waals surface area contributed by atoms with Crippen LogP contribution in [0.1, 0.15) is 18.2 Å². The molecule has 1 heterocycles. The SMILES string of the molecule is CCn1cc(-c2cccc(CN)c2)c(C)n1. The first-order valence-electron chi connectivity index (χ1n) is 5.58. The third-order valence-corrected chi connectivity index (χ3v) is 2.74. The van der Waals surface area contributed by atoms with Crippen LogP contribution < -0.4 is 5.73 Å². The van der Waals surface area contributed by atoms with Gasteiger partial charge >= 0.3 is 0 Å². The van der Waals surface area contributed by atoms with Crippen LogP contribution in [-0.4, -0.2) is 9.78 Å². The monoisotopic (exact) mass is 215 g/mol. The summed E-state index contributed by atoms with van der Waals surface area (Å²) >= 11 is 0. The molecule has 0 bridgehead atoms. The van der Waals surface area contributed by atoms with E-state index >= 15 is 0 Å². The molecule has 0 aliphatic rings. The molecule has 1 aromatic carbocycles. The molecule has 0 saturated heterocycles. The first-order chi connectivity index (χ1) is 7.74. The Morgan fingerprint density at radius 2 is 2.19 bits per heavy atom. The van der Waals surface area contributed by atoms with Gasteiger partial charge in [0.15, 0.2) is 0 Å². The van der Waals surface area contributed by atoms with E-state index in [1.165, 1.54) is 11.1 Å². The summed E-state index contributed by atoms with van der Waals surface area (Å²) < 4.78 is 1.96. The van der Waals surface area contributed by atoms with Crippen molar-refractivity contribution in [3.8, 4) is 11.1 Å². The molecule has 0 fully saturated rings. The van der Waals surface area contributed by atoms with Gasteiger partial charge in [0.2, 0.25) is 0 Å². The molecule has 2 aromatic rings. The lowest BCUT2D eigenvalue weighted by atomic mass is 10.0. The van der Waals surface area contributed by atoms with Crippen molar-refractivity contribution in [3.63, 3.8) is 0 Å². The minimum atomic E-state index is 0.578. The van der Waals surface area contributed by atoms with Gasteiger partial charge in [0.1, 0.15) is 0 Å². The topological polar surface area (TPSA) is 43.8 Å². The van der Waals surface area contributed by atoms with Crippen molar-refractivity contribution in [2.45, 2.75) is 26.9 Å². The Morgan fingerprint density at radius 1 is 1.38 bits per heavy atom. The van der Waals surface area contributed by atoms with Crippen molar-refractivity contribution in [3.05, 3.63) is 41.7 Å². The normalized spacial score (nSPS) is 10.7. The predicted octanol–water partition coefficient (Wildman–Crippen LogP) is 2.34. The second-order valence-corrected chi connectivity index (χ2v) is 3.89. The molecule has 0 atom stereocenters. The zero-order valence-electron chi connectivity index (χ0n) is 9.77. The number of nitrogens with two attached hydrogens (primary N) is 1. The average molecular weight is 215 g/mol. The van der Waals surface area contributed by atoms with Crippen molar-refractivity contribution in [2.24, 2.45) is 5.73 Å². The van der Waals surface area contributed by atoms with Gasteiger partial charge in [-0.2, -0.15) is 5.10 Å². The van der Waals surface area contributed by atoms with Crippen LogP contribution in [0.25, 0.3) is 11.1 Å². The quantitative estimate of drug-likeness (QED) is 0.854. The van der Waals surface area contributed by atoms with E-state index in [1.54, 1.807) is 0 Å². The Morgan fingerprint density at radius 3 is 2.81 bits per heavy atom. The smallest absolute Gasteiger partial charge is 0.0672 e. The summed E-state index contributed by atoms with van der Waals surface area (Å²) in [5, 5.41) is 4.45.